The molecule has 3 heteroatoms. The van der Waals surface area contributed by atoms with E-state index in [1.165, 1.54) is 36.8 Å². The molecule has 0 bridgehead atoms. The van der Waals surface area contributed by atoms with Crippen molar-refractivity contribution in [1.82, 2.24) is 5.32 Å². The Labute approximate surface area is 121 Å². The molecular formula is C17H25NO2. The van der Waals surface area contributed by atoms with Crippen molar-refractivity contribution in [2.75, 3.05) is 20.3 Å². The number of methoxy groups -OCH3 is 1. The van der Waals surface area contributed by atoms with E-state index in [1.807, 2.05) is 0 Å². The van der Waals surface area contributed by atoms with Gasteiger partial charge in [-0.25, -0.2) is 0 Å². The van der Waals surface area contributed by atoms with Crippen molar-refractivity contribution in [2.24, 2.45) is 5.92 Å². The van der Waals surface area contributed by atoms with Crippen LogP contribution in [0.2, 0.25) is 0 Å². The number of hydrogen-bond donors (Lipinski definition) is 1. The van der Waals surface area contributed by atoms with Crippen LogP contribution in [0.15, 0.2) is 24.3 Å². The second-order valence-electron chi connectivity index (χ2n) is 6.05. The van der Waals surface area contributed by atoms with E-state index in [-0.39, 0.29) is 6.10 Å². The molecule has 2 unspecified atom stereocenters. The third-order valence-corrected chi connectivity index (χ3v) is 4.28. The van der Waals surface area contributed by atoms with E-state index in [0.29, 0.717) is 12.5 Å². The van der Waals surface area contributed by atoms with E-state index >= 15 is 0 Å². The van der Waals surface area contributed by atoms with Crippen molar-refractivity contribution >= 4 is 0 Å². The van der Waals surface area contributed by atoms with E-state index in [2.05, 4.69) is 29.6 Å². The SMILES string of the molecule is COCc1cccc(C2OCCCC2CNC2CC2)c1. The molecule has 3 rings (SSSR count). The minimum atomic E-state index is 0.242. The van der Waals surface area contributed by atoms with E-state index in [9.17, 15) is 0 Å². The highest BCUT2D eigenvalue weighted by molar-refractivity contribution is 5.25. The summed E-state index contributed by atoms with van der Waals surface area (Å²) in [5, 5.41) is 3.66. The van der Waals surface area contributed by atoms with Gasteiger partial charge in [0, 0.05) is 32.2 Å². The highest BCUT2D eigenvalue weighted by Crippen LogP contribution is 2.34. The van der Waals surface area contributed by atoms with Gasteiger partial charge < -0.3 is 14.8 Å². The lowest BCUT2D eigenvalue weighted by Gasteiger charge is -2.32. The Morgan fingerprint density at radius 1 is 1.30 bits per heavy atom. The zero-order chi connectivity index (χ0) is 13.8. The molecule has 0 amide bonds. The normalized spacial score (nSPS) is 26.6. The minimum absolute atomic E-state index is 0.242. The lowest BCUT2D eigenvalue weighted by molar-refractivity contribution is -0.0279. The Hall–Kier alpha value is -0.900. The second kappa shape index (κ2) is 6.70. The van der Waals surface area contributed by atoms with Gasteiger partial charge in [0.2, 0.25) is 0 Å². The van der Waals surface area contributed by atoms with Crippen molar-refractivity contribution in [2.45, 2.75) is 44.4 Å². The van der Waals surface area contributed by atoms with Gasteiger partial charge >= 0.3 is 0 Å². The molecule has 1 aliphatic heterocycles. The lowest BCUT2D eigenvalue weighted by atomic mass is 9.89. The van der Waals surface area contributed by atoms with Gasteiger partial charge in [-0.1, -0.05) is 24.3 Å². The Morgan fingerprint density at radius 2 is 2.20 bits per heavy atom. The van der Waals surface area contributed by atoms with Gasteiger partial charge in [-0.3, -0.25) is 0 Å². The Bertz CT molecular complexity index is 431. The first-order valence-corrected chi connectivity index (χ1v) is 7.79. The van der Waals surface area contributed by atoms with Gasteiger partial charge in [0.15, 0.2) is 0 Å². The predicted octanol–water partition coefficient (Wildman–Crippen LogP) is 3.05. The molecule has 110 valence electrons. The molecule has 0 spiro atoms. The van der Waals surface area contributed by atoms with Crippen LogP contribution in [0.4, 0.5) is 0 Å². The van der Waals surface area contributed by atoms with Crippen LogP contribution in [-0.2, 0) is 16.1 Å². The fourth-order valence-corrected chi connectivity index (χ4v) is 3.05. The van der Waals surface area contributed by atoms with Crippen LogP contribution in [0.5, 0.6) is 0 Å². The molecule has 1 aliphatic carbocycles. The van der Waals surface area contributed by atoms with Crippen molar-refractivity contribution in [1.29, 1.82) is 0 Å². The van der Waals surface area contributed by atoms with E-state index in [0.717, 1.165) is 19.2 Å². The molecule has 1 saturated carbocycles. The molecule has 3 nitrogen and oxygen atoms in total. The largest absolute Gasteiger partial charge is 0.380 e. The molecule has 1 aromatic carbocycles. The predicted molar refractivity (Wildman–Crippen MR) is 79.6 cm³/mol. The molecule has 0 aromatic heterocycles. The number of rotatable bonds is 6. The highest BCUT2D eigenvalue weighted by Gasteiger charge is 2.29. The Balaban J connectivity index is 1.68. The van der Waals surface area contributed by atoms with Crippen LogP contribution < -0.4 is 5.32 Å². The summed E-state index contributed by atoms with van der Waals surface area (Å²) >= 11 is 0. The summed E-state index contributed by atoms with van der Waals surface area (Å²) in [6.07, 6.45) is 5.39. The van der Waals surface area contributed by atoms with Crippen LogP contribution >= 0.6 is 0 Å². The molecule has 2 atom stereocenters. The zero-order valence-corrected chi connectivity index (χ0v) is 12.3. The molecule has 1 saturated heterocycles. The van der Waals surface area contributed by atoms with Gasteiger partial charge in [0.25, 0.3) is 0 Å². The lowest BCUT2D eigenvalue weighted by Crippen LogP contribution is -2.32. The van der Waals surface area contributed by atoms with Gasteiger partial charge in [-0.2, -0.15) is 0 Å². The van der Waals surface area contributed by atoms with Gasteiger partial charge in [-0.15, -0.1) is 0 Å². The first-order chi connectivity index (χ1) is 9.86. The summed E-state index contributed by atoms with van der Waals surface area (Å²) in [6, 6.07) is 9.45. The van der Waals surface area contributed by atoms with Crippen molar-refractivity contribution in [3.05, 3.63) is 35.4 Å². The molecule has 2 aliphatic rings. The highest BCUT2D eigenvalue weighted by atomic mass is 16.5. The maximum absolute atomic E-state index is 6.08. The summed E-state index contributed by atoms with van der Waals surface area (Å²) in [5.74, 6) is 0.599. The number of nitrogens with one attached hydrogen (secondary N) is 1. The van der Waals surface area contributed by atoms with Crippen molar-refractivity contribution in [3.63, 3.8) is 0 Å². The first-order valence-electron chi connectivity index (χ1n) is 7.79. The van der Waals surface area contributed by atoms with E-state index < -0.39 is 0 Å². The minimum Gasteiger partial charge on any atom is -0.380 e. The number of hydrogen-bond acceptors (Lipinski definition) is 3. The molecule has 1 aromatic rings. The van der Waals surface area contributed by atoms with Crippen LogP contribution in [0.25, 0.3) is 0 Å². The number of benzene rings is 1. The van der Waals surface area contributed by atoms with E-state index in [1.54, 1.807) is 7.11 Å². The summed E-state index contributed by atoms with van der Waals surface area (Å²) in [5.41, 5.74) is 2.54. The van der Waals surface area contributed by atoms with Crippen molar-refractivity contribution in [3.8, 4) is 0 Å². The maximum atomic E-state index is 6.08. The average molecular weight is 275 g/mol. The Kier molecular flexibility index (Phi) is 4.71. The summed E-state index contributed by atoms with van der Waals surface area (Å²) in [6.45, 7) is 2.65. The molecule has 2 fully saturated rings. The quantitative estimate of drug-likeness (QED) is 0.865. The van der Waals surface area contributed by atoms with E-state index in [4.69, 9.17) is 9.47 Å². The molecule has 1 N–H and O–H groups in total. The summed E-state index contributed by atoms with van der Waals surface area (Å²) in [7, 11) is 1.74. The monoisotopic (exact) mass is 275 g/mol. The maximum Gasteiger partial charge on any atom is 0.0865 e. The Morgan fingerprint density at radius 3 is 3.00 bits per heavy atom. The van der Waals surface area contributed by atoms with Gasteiger partial charge in [0.05, 0.1) is 12.7 Å². The fraction of sp³-hybridized carbons (Fsp3) is 0.647. The third kappa shape index (κ3) is 3.60. The van der Waals surface area contributed by atoms with Crippen LogP contribution in [0.1, 0.15) is 42.9 Å². The molecule has 20 heavy (non-hydrogen) atoms. The molecular weight excluding hydrogens is 250 g/mol. The second-order valence-corrected chi connectivity index (χ2v) is 6.05. The van der Waals surface area contributed by atoms with Crippen LogP contribution in [-0.4, -0.2) is 26.3 Å². The first kappa shape index (κ1) is 14.1. The van der Waals surface area contributed by atoms with Gasteiger partial charge in [0.1, 0.15) is 0 Å². The topological polar surface area (TPSA) is 30.5 Å². The zero-order valence-electron chi connectivity index (χ0n) is 12.3. The molecule has 0 radical (unpaired) electrons. The average Bonchev–Trinajstić information content (AvgIpc) is 3.30. The van der Waals surface area contributed by atoms with Crippen LogP contribution in [0.3, 0.4) is 0 Å². The number of ether oxygens (including phenoxy) is 2. The summed E-state index contributed by atoms with van der Waals surface area (Å²) in [4.78, 5) is 0. The standard InChI is InChI=1S/C17H25NO2/c1-19-12-13-4-2-5-14(10-13)17-15(6-3-9-20-17)11-18-16-7-8-16/h2,4-5,10,15-18H,3,6-9,11-12H2,1H3. The third-order valence-electron chi connectivity index (χ3n) is 4.28. The fourth-order valence-electron chi connectivity index (χ4n) is 3.05. The van der Waals surface area contributed by atoms with Crippen LogP contribution in [0, 0.1) is 5.92 Å². The molecule has 1 heterocycles. The van der Waals surface area contributed by atoms with Gasteiger partial charge in [-0.05, 0) is 36.8 Å². The van der Waals surface area contributed by atoms with Crippen molar-refractivity contribution < 1.29 is 9.47 Å². The smallest absolute Gasteiger partial charge is 0.0865 e. The summed E-state index contributed by atoms with van der Waals surface area (Å²) < 4.78 is 11.3.